The van der Waals surface area contributed by atoms with Crippen molar-refractivity contribution < 1.29 is 28.9 Å². The first-order valence-corrected chi connectivity index (χ1v) is 12.4. The summed E-state index contributed by atoms with van der Waals surface area (Å²) in [5, 5.41) is 37.0. The summed E-state index contributed by atoms with van der Waals surface area (Å²) < 4.78 is 27.3. The van der Waals surface area contributed by atoms with Gasteiger partial charge in [-0.05, 0) is 29.8 Å². The highest BCUT2D eigenvalue weighted by Gasteiger charge is 2.28. The van der Waals surface area contributed by atoms with Crippen LogP contribution in [0.2, 0.25) is 0 Å². The van der Waals surface area contributed by atoms with Crippen molar-refractivity contribution in [1.29, 1.82) is 5.41 Å². The number of anilines is 1. The van der Waals surface area contributed by atoms with Crippen molar-refractivity contribution in [3.63, 3.8) is 0 Å². The largest absolute Gasteiger partial charge is 0.497 e. The van der Waals surface area contributed by atoms with Crippen LogP contribution in [0.25, 0.3) is 5.82 Å². The van der Waals surface area contributed by atoms with Crippen LogP contribution < -0.4 is 25.8 Å². The van der Waals surface area contributed by atoms with Gasteiger partial charge in [-0.2, -0.15) is 4.68 Å². The Labute approximate surface area is 223 Å². The van der Waals surface area contributed by atoms with Gasteiger partial charge in [-0.15, -0.1) is 16.4 Å². The number of aromatic nitrogens is 4. The number of H-pyrrole nitrogens is 1. The van der Waals surface area contributed by atoms with Crippen LogP contribution in [-0.4, -0.2) is 62.1 Å². The molecule has 0 saturated carbocycles. The molecular weight excluding hydrogens is 533 g/mol. The molecule has 0 amide bonds. The Hall–Kier alpha value is -4.76. The Morgan fingerprint density at radius 3 is 2.92 bits per heavy atom. The SMILES string of the molecule is COc1cc(OCCO)c(F)c(C(Nc2ccc3c(c2)CNC3=N)c2nn(-c3ncsc3C(=O)O)c(=O)[nH]2)c1. The van der Waals surface area contributed by atoms with E-state index in [1.165, 1.54) is 24.8 Å². The topological polar surface area (TPSA) is 187 Å². The number of thiazole rings is 1. The molecule has 3 heterocycles. The number of carboxylic acids is 1. The maximum atomic E-state index is 15.8. The number of aromatic amines is 1. The van der Waals surface area contributed by atoms with Crippen molar-refractivity contribution in [2.75, 3.05) is 25.6 Å². The standard InChI is InChI=1S/C24H22FN7O6S/c1-37-13-7-15(17(25)16(8-13)38-5-4-33)18(29-12-2-3-14-11(6-12)9-27-20(14)26)21-30-24(36)32(31-21)22-19(23(34)35)39-10-28-22/h2-3,6-8,10,18,29,33H,4-5,9H2,1H3,(H2,26,27)(H,34,35)(H,30,31,36). The molecule has 39 heavy (non-hydrogen) atoms. The fourth-order valence-electron chi connectivity index (χ4n) is 4.15. The minimum atomic E-state index is -1.28. The number of methoxy groups -OCH3 is 1. The van der Waals surface area contributed by atoms with E-state index >= 15 is 4.39 Å². The second-order valence-electron chi connectivity index (χ2n) is 8.32. The second-order valence-corrected chi connectivity index (χ2v) is 9.17. The first kappa shape index (κ1) is 25.9. The third-order valence-electron chi connectivity index (χ3n) is 5.93. The average molecular weight is 556 g/mol. The number of halogens is 1. The smallest absolute Gasteiger partial charge is 0.349 e. The van der Waals surface area contributed by atoms with E-state index in [-0.39, 0.29) is 52.6 Å². The Balaban J connectivity index is 1.64. The van der Waals surface area contributed by atoms with Gasteiger partial charge >= 0.3 is 11.7 Å². The molecule has 2 aromatic heterocycles. The van der Waals surface area contributed by atoms with Crippen molar-refractivity contribution >= 4 is 28.8 Å². The molecule has 15 heteroatoms. The Morgan fingerprint density at radius 2 is 2.18 bits per heavy atom. The van der Waals surface area contributed by atoms with E-state index in [4.69, 9.17) is 20.0 Å². The van der Waals surface area contributed by atoms with Gasteiger partial charge in [0.25, 0.3) is 0 Å². The molecule has 4 aromatic rings. The highest BCUT2D eigenvalue weighted by atomic mass is 32.1. The van der Waals surface area contributed by atoms with Crippen molar-refractivity contribution in [1.82, 2.24) is 25.1 Å². The minimum Gasteiger partial charge on any atom is -0.497 e. The van der Waals surface area contributed by atoms with E-state index in [1.807, 2.05) is 0 Å². The number of carboxylic acid groups (broad SMARTS) is 1. The predicted molar refractivity (Wildman–Crippen MR) is 138 cm³/mol. The fraction of sp³-hybridized carbons (Fsp3) is 0.208. The highest BCUT2D eigenvalue weighted by Crippen LogP contribution is 2.35. The molecule has 1 aliphatic heterocycles. The highest BCUT2D eigenvalue weighted by molar-refractivity contribution is 7.12. The Kier molecular flexibility index (Phi) is 7.00. The molecule has 1 aliphatic rings. The second kappa shape index (κ2) is 10.5. The average Bonchev–Trinajstić information content (AvgIpc) is 3.65. The lowest BCUT2D eigenvalue weighted by Gasteiger charge is -2.21. The van der Waals surface area contributed by atoms with Crippen LogP contribution in [0.5, 0.6) is 11.5 Å². The number of aliphatic hydroxyl groups is 1. The van der Waals surface area contributed by atoms with E-state index in [1.54, 1.807) is 18.2 Å². The lowest BCUT2D eigenvalue weighted by Crippen LogP contribution is -2.18. The lowest BCUT2D eigenvalue weighted by atomic mass is 10.0. The van der Waals surface area contributed by atoms with E-state index in [0.29, 0.717) is 12.2 Å². The molecule has 0 bridgehead atoms. The summed E-state index contributed by atoms with van der Waals surface area (Å²) in [5.74, 6) is -1.95. The molecule has 2 aromatic carbocycles. The molecule has 0 saturated heterocycles. The number of aromatic carboxylic acids is 1. The van der Waals surface area contributed by atoms with Crippen LogP contribution in [0.4, 0.5) is 10.1 Å². The third kappa shape index (κ3) is 4.92. The van der Waals surface area contributed by atoms with Crippen molar-refractivity contribution in [3.8, 4) is 17.3 Å². The zero-order valence-corrected chi connectivity index (χ0v) is 21.1. The minimum absolute atomic E-state index is 0.00806. The first-order valence-electron chi connectivity index (χ1n) is 11.5. The normalized spacial score (nSPS) is 13.1. The van der Waals surface area contributed by atoms with Gasteiger partial charge in [0.15, 0.2) is 28.1 Å². The number of benzene rings is 2. The molecule has 0 aliphatic carbocycles. The zero-order chi connectivity index (χ0) is 27.7. The molecule has 0 fully saturated rings. The quantitative estimate of drug-likeness (QED) is 0.169. The van der Waals surface area contributed by atoms with Crippen LogP contribution >= 0.6 is 11.3 Å². The number of aliphatic hydroxyl groups excluding tert-OH is 1. The number of rotatable bonds is 10. The molecule has 13 nitrogen and oxygen atoms in total. The van der Waals surface area contributed by atoms with Crippen molar-refractivity contribution in [3.05, 3.63) is 79.5 Å². The molecule has 5 rings (SSSR count). The summed E-state index contributed by atoms with van der Waals surface area (Å²) >= 11 is 0.830. The van der Waals surface area contributed by atoms with Crippen LogP contribution in [0.1, 0.15) is 38.2 Å². The molecule has 1 atom stereocenters. The lowest BCUT2D eigenvalue weighted by molar-refractivity contribution is 0.0701. The van der Waals surface area contributed by atoms with Crippen molar-refractivity contribution in [2.45, 2.75) is 12.6 Å². The maximum Gasteiger partial charge on any atom is 0.349 e. The fourth-order valence-corrected chi connectivity index (χ4v) is 4.75. The number of carbonyl (C=O) groups is 1. The number of hydrogen-bond donors (Lipinski definition) is 6. The number of nitrogens with one attached hydrogen (secondary N) is 4. The van der Waals surface area contributed by atoms with Crippen LogP contribution in [0, 0.1) is 11.2 Å². The monoisotopic (exact) mass is 555 g/mol. The summed E-state index contributed by atoms with van der Waals surface area (Å²) in [5.41, 5.74) is 2.59. The molecule has 0 spiro atoms. The van der Waals surface area contributed by atoms with E-state index in [9.17, 15) is 14.7 Å². The van der Waals surface area contributed by atoms with Gasteiger partial charge in [-0.3, -0.25) is 10.4 Å². The molecule has 1 unspecified atom stereocenters. The van der Waals surface area contributed by atoms with Gasteiger partial charge in [0.2, 0.25) is 0 Å². The molecular formula is C24H22FN7O6S. The number of nitrogens with zero attached hydrogens (tertiary/aromatic N) is 3. The predicted octanol–water partition coefficient (Wildman–Crippen LogP) is 1.86. The summed E-state index contributed by atoms with van der Waals surface area (Å²) in [6.07, 6.45) is 0. The first-order chi connectivity index (χ1) is 18.8. The van der Waals surface area contributed by atoms with Gasteiger partial charge in [0, 0.05) is 29.4 Å². The molecule has 6 N–H and O–H groups in total. The van der Waals surface area contributed by atoms with Crippen LogP contribution in [-0.2, 0) is 6.54 Å². The Morgan fingerprint density at radius 1 is 1.36 bits per heavy atom. The van der Waals surface area contributed by atoms with Crippen LogP contribution in [0.15, 0.2) is 40.6 Å². The maximum absolute atomic E-state index is 15.8. The number of hydrogen-bond acceptors (Lipinski definition) is 10. The van der Waals surface area contributed by atoms with Crippen LogP contribution in [0.3, 0.4) is 0 Å². The third-order valence-corrected chi connectivity index (χ3v) is 6.73. The summed E-state index contributed by atoms with van der Waals surface area (Å²) in [4.78, 5) is 30.9. The van der Waals surface area contributed by atoms with Gasteiger partial charge in [-0.25, -0.2) is 19.0 Å². The van der Waals surface area contributed by atoms with Crippen molar-refractivity contribution in [2.24, 2.45) is 0 Å². The zero-order valence-electron chi connectivity index (χ0n) is 20.3. The van der Waals surface area contributed by atoms with E-state index in [2.05, 4.69) is 25.7 Å². The number of fused-ring (bicyclic) bond motifs is 1. The molecule has 202 valence electrons. The van der Waals surface area contributed by atoms with Gasteiger partial charge in [-0.1, -0.05) is 0 Å². The Bertz CT molecular complexity index is 1630. The van der Waals surface area contributed by atoms with E-state index < -0.39 is 23.5 Å². The number of amidine groups is 1. The summed E-state index contributed by atoms with van der Waals surface area (Å²) in [6.45, 7) is -0.0734. The van der Waals surface area contributed by atoms with Gasteiger partial charge in [0.05, 0.1) is 19.2 Å². The van der Waals surface area contributed by atoms with E-state index in [0.717, 1.165) is 27.1 Å². The molecule has 0 radical (unpaired) electrons. The summed E-state index contributed by atoms with van der Waals surface area (Å²) in [6, 6.07) is 6.84. The number of ether oxygens (including phenoxy) is 2. The van der Waals surface area contributed by atoms with Gasteiger partial charge in [0.1, 0.15) is 24.2 Å². The summed E-state index contributed by atoms with van der Waals surface area (Å²) in [7, 11) is 1.39. The van der Waals surface area contributed by atoms with Gasteiger partial charge < -0.3 is 30.3 Å².